The Morgan fingerprint density at radius 3 is 2.85 bits per heavy atom. The van der Waals surface area contributed by atoms with Crippen molar-refractivity contribution in [2.45, 2.75) is 0 Å². The molecule has 2 rings (SSSR count). The van der Waals surface area contributed by atoms with E-state index in [1.807, 2.05) is 30.3 Å². The van der Waals surface area contributed by atoms with E-state index in [1.54, 1.807) is 6.07 Å². The zero-order valence-corrected chi connectivity index (χ0v) is 7.42. The predicted octanol–water partition coefficient (Wildman–Crippen LogP) is 2.76. The van der Waals surface area contributed by atoms with E-state index >= 15 is 0 Å². The third kappa shape index (κ3) is 1.34. The molecule has 0 aliphatic heterocycles. The van der Waals surface area contributed by atoms with Crippen LogP contribution in [0.3, 0.4) is 0 Å². The number of para-hydroxylation sites is 1. The standard InChI is InChI=1S/C10H5ClN2/c11-8-5-7-3-1-2-4-9(7)13-10(8)6-12/h1-5H. The molecule has 0 amide bonds. The minimum Gasteiger partial charge on any atom is -0.236 e. The Morgan fingerprint density at radius 2 is 2.08 bits per heavy atom. The van der Waals surface area contributed by atoms with Crippen molar-refractivity contribution >= 4 is 22.5 Å². The maximum Gasteiger partial charge on any atom is 0.159 e. The van der Waals surface area contributed by atoms with Crippen LogP contribution in [0.25, 0.3) is 10.9 Å². The molecule has 0 radical (unpaired) electrons. The summed E-state index contributed by atoms with van der Waals surface area (Å²) in [5, 5.41) is 10.0. The van der Waals surface area contributed by atoms with Gasteiger partial charge < -0.3 is 0 Å². The van der Waals surface area contributed by atoms with Crippen LogP contribution in [0.4, 0.5) is 0 Å². The lowest BCUT2D eigenvalue weighted by molar-refractivity contribution is 1.32. The van der Waals surface area contributed by atoms with Crippen molar-refractivity contribution in [3.05, 3.63) is 41.0 Å². The molecule has 13 heavy (non-hydrogen) atoms. The summed E-state index contributed by atoms with van der Waals surface area (Å²) in [7, 11) is 0. The minimum absolute atomic E-state index is 0.278. The molecule has 0 saturated carbocycles. The Hall–Kier alpha value is -1.59. The van der Waals surface area contributed by atoms with Crippen molar-refractivity contribution in [1.29, 1.82) is 5.26 Å². The number of hydrogen-bond donors (Lipinski definition) is 0. The number of hydrogen-bond acceptors (Lipinski definition) is 2. The molecule has 0 unspecified atom stereocenters. The molecule has 0 spiro atoms. The van der Waals surface area contributed by atoms with Gasteiger partial charge in [0, 0.05) is 5.39 Å². The van der Waals surface area contributed by atoms with Gasteiger partial charge in [0.05, 0.1) is 10.5 Å². The number of benzene rings is 1. The van der Waals surface area contributed by atoms with Gasteiger partial charge in [-0.15, -0.1) is 0 Å². The van der Waals surface area contributed by atoms with Crippen LogP contribution < -0.4 is 0 Å². The lowest BCUT2D eigenvalue weighted by Crippen LogP contribution is -1.85. The Balaban J connectivity index is 2.83. The quantitative estimate of drug-likeness (QED) is 0.638. The number of rotatable bonds is 0. The molecule has 0 aliphatic rings. The average Bonchev–Trinajstić information content (AvgIpc) is 2.17. The number of fused-ring (bicyclic) bond motifs is 1. The molecule has 0 aliphatic carbocycles. The highest BCUT2D eigenvalue weighted by Gasteiger charge is 2.02. The first-order chi connectivity index (χ1) is 6.31. The molecule has 2 nitrogen and oxygen atoms in total. The molecule has 62 valence electrons. The van der Waals surface area contributed by atoms with Gasteiger partial charge in [-0.3, -0.25) is 0 Å². The number of pyridine rings is 1. The van der Waals surface area contributed by atoms with E-state index in [4.69, 9.17) is 16.9 Å². The highest BCUT2D eigenvalue weighted by Crippen LogP contribution is 2.19. The fourth-order valence-electron chi connectivity index (χ4n) is 1.17. The van der Waals surface area contributed by atoms with Crippen LogP contribution in [-0.2, 0) is 0 Å². The minimum atomic E-state index is 0.278. The van der Waals surface area contributed by atoms with Crippen molar-refractivity contribution in [3.63, 3.8) is 0 Å². The van der Waals surface area contributed by atoms with E-state index in [0.29, 0.717) is 5.02 Å². The van der Waals surface area contributed by atoms with Gasteiger partial charge in [-0.1, -0.05) is 29.8 Å². The van der Waals surface area contributed by atoms with Crippen LogP contribution in [0.1, 0.15) is 5.69 Å². The molecule has 3 heteroatoms. The Kier molecular flexibility index (Phi) is 1.88. The maximum atomic E-state index is 8.68. The normalized spacial score (nSPS) is 9.85. The molecule has 2 aromatic rings. The molecule has 1 heterocycles. The van der Waals surface area contributed by atoms with E-state index in [2.05, 4.69) is 4.98 Å². The van der Waals surface area contributed by atoms with Crippen LogP contribution in [0, 0.1) is 11.3 Å². The second-order valence-corrected chi connectivity index (χ2v) is 3.03. The van der Waals surface area contributed by atoms with Gasteiger partial charge in [0.1, 0.15) is 6.07 Å². The smallest absolute Gasteiger partial charge is 0.159 e. The van der Waals surface area contributed by atoms with Gasteiger partial charge in [-0.05, 0) is 12.1 Å². The number of aromatic nitrogens is 1. The lowest BCUT2D eigenvalue weighted by atomic mass is 10.2. The van der Waals surface area contributed by atoms with Gasteiger partial charge in [0.25, 0.3) is 0 Å². The van der Waals surface area contributed by atoms with Gasteiger partial charge in [0.2, 0.25) is 0 Å². The third-order valence-corrected chi connectivity index (χ3v) is 2.07. The average molecular weight is 189 g/mol. The van der Waals surface area contributed by atoms with Crippen molar-refractivity contribution < 1.29 is 0 Å². The third-order valence-electron chi connectivity index (χ3n) is 1.78. The van der Waals surface area contributed by atoms with Gasteiger partial charge in [0.15, 0.2) is 5.69 Å². The van der Waals surface area contributed by atoms with Gasteiger partial charge in [-0.25, -0.2) is 4.98 Å². The van der Waals surface area contributed by atoms with Gasteiger partial charge >= 0.3 is 0 Å². The molecule has 0 atom stereocenters. The van der Waals surface area contributed by atoms with Crippen molar-refractivity contribution in [3.8, 4) is 6.07 Å². The maximum absolute atomic E-state index is 8.68. The molecule has 0 N–H and O–H groups in total. The summed E-state index contributed by atoms with van der Waals surface area (Å²) in [5.41, 5.74) is 1.07. The summed E-state index contributed by atoms with van der Waals surface area (Å²) in [4.78, 5) is 4.10. The second-order valence-electron chi connectivity index (χ2n) is 2.62. The van der Waals surface area contributed by atoms with E-state index in [0.717, 1.165) is 10.9 Å². The molecule has 0 bridgehead atoms. The highest BCUT2D eigenvalue weighted by molar-refractivity contribution is 6.32. The van der Waals surface area contributed by atoms with Crippen LogP contribution in [-0.4, -0.2) is 4.98 Å². The second kappa shape index (κ2) is 3.04. The zero-order valence-electron chi connectivity index (χ0n) is 6.66. The first-order valence-electron chi connectivity index (χ1n) is 3.76. The summed E-state index contributed by atoms with van der Waals surface area (Å²) in [6, 6.07) is 11.3. The SMILES string of the molecule is N#Cc1nc2ccccc2cc1Cl. The Morgan fingerprint density at radius 1 is 1.31 bits per heavy atom. The number of nitrogens with zero attached hydrogens (tertiary/aromatic N) is 2. The molecule has 0 saturated heterocycles. The van der Waals surface area contributed by atoms with E-state index in [1.165, 1.54) is 0 Å². The van der Waals surface area contributed by atoms with E-state index in [-0.39, 0.29) is 5.69 Å². The first-order valence-corrected chi connectivity index (χ1v) is 4.14. The van der Waals surface area contributed by atoms with Crippen molar-refractivity contribution in [1.82, 2.24) is 4.98 Å². The molecule has 1 aromatic heterocycles. The van der Waals surface area contributed by atoms with Crippen molar-refractivity contribution in [2.24, 2.45) is 0 Å². The summed E-state index contributed by atoms with van der Waals surface area (Å²) >= 11 is 5.82. The fourth-order valence-corrected chi connectivity index (χ4v) is 1.37. The van der Waals surface area contributed by atoms with Crippen LogP contribution >= 0.6 is 11.6 Å². The van der Waals surface area contributed by atoms with Crippen LogP contribution in [0.5, 0.6) is 0 Å². The molecule has 1 aromatic carbocycles. The monoisotopic (exact) mass is 188 g/mol. The Labute approximate surface area is 80.4 Å². The summed E-state index contributed by atoms with van der Waals surface area (Å²) in [6.45, 7) is 0. The molecular weight excluding hydrogens is 184 g/mol. The fraction of sp³-hybridized carbons (Fsp3) is 0. The van der Waals surface area contributed by atoms with E-state index < -0.39 is 0 Å². The lowest BCUT2D eigenvalue weighted by Gasteiger charge is -1.98. The largest absolute Gasteiger partial charge is 0.236 e. The molecule has 0 fully saturated rings. The summed E-state index contributed by atoms with van der Waals surface area (Å²) in [6.07, 6.45) is 0. The summed E-state index contributed by atoms with van der Waals surface area (Å²) < 4.78 is 0. The predicted molar refractivity (Wildman–Crippen MR) is 51.5 cm³/mol. The zero-order chi connectivity index (χ0) is 9.26. The van der Waals surface area contributed by atoms with Crippen molar-refractivity contribution in [2.75, 3.05) is 0 Å². The highest BCUT2D eigenvalue weighted by atomic mass is 35.5. The Bertz CT molecular complexity index is 500. The number of nitriles is 1. The van der Waals surface area contributed by atoms with E-state index in [9.17, 15) is 0 Å². The van der Waals surface area contributed by atoms with Crippen LogP contribution in [0.2, 0.25) is 5.02 Å². The first kappa shape index (κ1) is 8.03. The van der Waals surface area contributed by atoms with Crippen LogP contribution in [0.15, 0.2) is 30.3 Å². The van der Waals surface area contributed by atoms with Gasteiger partial charge in [-0.2, -0.15) is 5.26 Å². The number of halogens is 1. The topological polar surface area (TPSA) is 36.7 Å². The molecular formula is C10H5ClN2. The summed E-state index contributed by atoms with van der Waals surface area (Å²) in [5.74, 6) is 0.